The number of aryl methyl sites for hydroxylation is 1. The summed E-state index contributed by atoms with van der Waals surface area (Å²) < 4.78 is 5.16. The van der Waals surface area contributed by atoms with Gasteiger partial charge in [0.15, 0.2) is 0 Å². The molecule has 0 saturated heterocycles. The maximum absolute atomic E-state index is 10.8. The molecule has 0 heterocycles. The van der Waals surface area contributed by atoms with Crippen LogP contribution in [0.3, 0.4) is 0 Å². The molecule has 0 aliphatic heterocycles. The van der Waals surface area contributed by atoms with E-state index in [0.717, 1.165) is 11.1 Å². The summed E-state index contributed by atoms with van der Waals surface area (Å²) in [5.74, 6) is 0.488. The molecule has 0 atom stereocenters. The monoisotopic (exact) mass is 329 g/mol. The number of ether oxygens (including phenoxy) is 1. The number of hydrogen-bond acceptors (Lipinski definition) is 5. The minimum Gasteiger partial charge on any atom is -0.496 e. The van der Waals surface area contributed by atoms with Gasteiger partial charge in [-0.05, 0) is 13.0 Å². The predicted octanol–water partition coefficient (Wildman–Crippen LogP) is 3.21. The van der Waals surface area contributed by atoms with E-state index >= 15 is 0 Å². The number of rotatable bonds is 5. The highest BCUT2D eigenvalue weighted by molar-refractivity contribution is 7.80. The fourth-order valence-corrected chi connectivity index (χ4v) is 2.05. The van der Waals surface area contributed by atoms with Crippen molar-refractivity contribution in [2.75, 3.05) is 7.11 Å². The first-order chi connectivity index (χ1) is 11.0. The average Bonchev–Trinajstić information content (AvgIpc) is 2.55. The number of nitro benzene ring substituents is 1. The highest BCUT2D eigenvalue weighted by Gasteiger charge is 2.09. The van der Waals surface area contributed by atoms with E-state index < -0.39 is 4.92 Å². The van der Waals surface area contributed by atoms with Gasteiger partial charge in [-0.1, -0.05) is 42.0 Å². The minimum atomic E-state index is -0.471. The molecule has 0 aliphatic carbocycles. The SMILES string of the molecule is COc1ccc([N+](=O)[O-])cc1/C=N\NC(=S)c1ccc(C)cc1. The van der Waals surface area contributed by atoms with Crippen LogP contribution in [0.4, 0.5) is 5.69 Å². The number of hydrogen-bond donors (Lipinski definition) is 1. The lowest BCUT2D eigenvalue weighted by Gasteiger charge is -2.05. The van der Waals surface area contributed by atoms with Gasteiger partial charge in [0.05, 0.1) is 18.2 Å². The normalized spacial score (nSPS) is 10.5. The van der Waals surface area contributed by atoms with Crippen molar-refractivity contribution in [1.29, 1.82) is 0 Å². The van der Waals surface area contributed by atoms with Gasteiger partial charge in [0, 0.05) is 23.3 Å². The number of thiocarbonyl (C=S) groups is 1. The standard InChI is InChI=1S/C16H15N3O3S/c1-11-3-5-12(6-4-11)16(23)18-17-10-13-9-14(19(20)21)7-8-15(13)22-2/h3-10H,1-2H3,(H,18,23)/b17-10-. The van der Waals surface area contributed by atoms with Gasteiger partial charge in [0.25, 0.3) is 5.69 Å². The third-order valence-electron chi connectivity index (χ3n) is 3.11. The van der Waals surface area contributed by atoms with Gasteiger partial charge < -0.3 is 4.74 Å². The number of nitrogens with zero attached hydrogens (tertiary/aromatic N) is 2. The highest BCUT2D eigenvalue weighted by atomic mass is 32.1. The topological polar surface area (TPSA) is 76.8 Å². The molecule has 6 nitrogen and oxygen atoms in total. The van der Waals surface area contributed by atoms with Crippen LogP contribution in [0.2, 0.25) is 0 Å². The Hall–Kier alpha value is -2.80. The van der Waals surface area contributed by atoms with E-state index in [9.17, 15) is 10.1 Å². The highest BCUT2D eigenvalue weighted by Crippen LogP contribution is 2.22. The summed E-state index contributed by atoms with van der Waals surface area (Å²) in [7, 11) is 1.49. The number of hydrazone groups is 1. The predicted molar refractivity (Wildman–Crippen MR) is 93.3 cm³/mol. The van der Waals surface area contributed by atoms with Crippen molar-refractivity contribution >= 4 is 29.1 Å². The number of nitro groups is 1. The van der Waals surface area contributed by atoms with Crippen molar-refractivity contribution in [2.24, 2.45) is 5.10 Å². The first-order valence-electron chi connectivity index (χ1n) is 6.74. The van der Waals surface area contributed by atoms with E-state index in [1.165, 1.54) is 31.5 Å². The van der Waals surface area contributed by atoms with Gasteiger partial charge in [-0.25, -0.2) is 0 Å². The van der Waals surface area contributed by atoms with E-state index in [4.69, 9.17) is 17.0 Å². The summed E-state index contributed by atoms with van der Waals surface area (Å²) >= 11 is 5.24. The maximum atomic E-state index is 10.8. The van der Waals surface area contributed by atoms with Crippen LogP contribution in [0.1, 0.15) is 16.7 Å². The molecule has 118 valence electrons. The zero-order chi connectivity index (χ0) is 16.8. The summed E-state index contributed by atoms with van der Waals surface area (Å²) in [6.07, 6.45) is 1.44. The zero-order valence-corrected chi connectivity index (χ0v) is 13.5. The summed E-state index contributed by atoms with van der Waals surface area (Å²) in [6, 6.07) is 12.0. The molecule has 2 aromatic rings. The Bertz CT molecular complexity index is 758. The zero-order valence-electron chi connectivity index (χ0n) is 12.6. The van der Waals surface area contributed by atoms with Crippen LogP contribution in [-0.4, -0.2) is 23.2 Å². The second-order valence-electron chi connectivity index (χ2n) is 4.75. The van der Waals surface area contributed by atoms with E-state index in [1.54, 1.807) is 0 Å². The summed E-state index contributed by atoms with van der Waals surface area (Å²) in [5.41, 5.74) is 5.18. The van der Waals surface area contributed by atoms with Crippen molar-refractivity contribution in [2.45, 2.75) is 6.92 Å². The van der Waals surface area contributed by atoms with Crippen molar-refractivity contribution in [3.63, 3.8) is 0 Å². The fraction of sp³-hybridized carbons (Fsp3) is 0.125. The van der Waals surface area contributed by atoms with Crippen molar-refractivity contribution in [3.05, 3.63) is 69.3 Å². The lowest BCUT2D eigenvalue weighted by atomic mass is 10.1. The van der Waals surface area contributed by atoms with Crippen LogP contribution in [0.25, 0.3) is 0 Å². The first-order valence-corrected chi connectivity index (χ1v) is 7.14. The molecule has 0 amide bonds. The van der Waals surface area contributed by atoms with Crippen LogP contribution in [0.15, 0.2) is 47.6 Å². The molecule has 0 unspecified atom stereocenters. The number of benzene rings is 2. The van der Waals surface area contributed by atoms with Crippen LogP contribution in [0, 0.1) is 17.0 Å². The van der Waals surface area contributed by atoms with E-state index in [0.29, 0.717) is 16.3 Å². The van der Waals surface area contributed by atoms with Crippen LogP contribution in [0.5, 0.6) is 5.75 Å². The third-order valence-corrected chi connectivity index (χ3v) is 3.43. The van der Waals surface area contributed by atoms with E-state index in [2.05, 4.69) is 10.5 Å². The molecule has 0 fully saturated rings. The lowest BCUT2D eigenvalue weighted by molar-refractivity contribution is -0.384. The van der Waals surface area contributed by atoms with Gasteiger partial charge in [-0.15, -0.1) is 0 Å². The van der Waals surface area contributed by atoms with Gasteiger partial charge in [-0.3, -0.25) is 15.5 Å². The molecule has 2 rings (SSSR count). The minimum absolute atomic E-state index is 0.0339. The maximum Gasteiger partial charge on any atom is 0.270 e. The molecule has 0 aromatic heterocycles. The molecule has 2 aromatic carbocycles. The molecule has 23 heavy (non-hydrogen) atoms. The van der Waals surface area contributed by atoms with Crippen molar-refractivity contribution in [3.8, 4) is 5.75 Å². The Balaban J connectivity index is 2.13. The van der Waals surface area contributed by atoms with E-state index in [-0.39, 0.29) is 5.69 Å². The molecular formula is C16H15N3O3S. The largest absolute Gasteiger partial charge is 0.496 e. The third kappa shape index (κ3) is 4.33. The Morgan fingerprint density at radius 3 is 2.61 bits per heavy atom. The van der Waals surface area contributed by atoms with Gasteiger partial charge >= 0.3 is 0 Å². The van der Waals surface area contributed by atoms with Crippen LogP contribution < -0.4 is 10.2 Å². The Morgan fingerprint density at radius 2 is 2.00 bits per heavy atom. The molecular weight excluding hydrogens is 314 g/mol. The Labute approximate surface area is 138 Å². The number of non-ortho nitro benzene ring substituents is 1. The lowest BCUT2D eigenvalue weighted by Crippen LogP contribution is -2.16. The van der Waals surface area contributed by atoms with Gasteiger partial charge in [0.2, 0.25) is 0 Å². The van der Waals surface area contributed by atoms with Gasteiger partial charge in [0.1, 0.15) is 10.7 Å². The van der Waals surface area contributed by atoms with Crippen LogP contribution >= 0.6 is 12.2 Å². The Morgan fingerprint density at radius 1 is 1.30 bits per heavy atom. The summed E-state index contributed by atoms with van der Waals surface area (Å²) in [5, 5.41) is 14.9. The second-order valence-corrected chi connectivity index (χ2v) is 5.16. The molecule has 7 heteroatoms. The second kappa shape index (κ2) is 7.46. The quantitative estimate of drug-likeness (QED) is 0.394. The molecule has 0 aliphatic rings. The first kappa shape index (κ1) is 16.6. The summed E-state index contributed by atoms with van der Waals surface area (Å²) in [6.45, 7) is 1.99. The summed E-state index contributed by atoms with van der Waals surface area (Å²) in [4.78, 5) is 10.8. The molecule has 0 saturated carbocycles. The van der Waals surface area contributed by atoms with Crippen LogP contribution in [-0.2, 0) is 0 Å². The molecule has 0 radical (unpaired) electrons. The van der Waals surface area contributed by atoms with Crippen molar-refractivity contribution < 1.29 is 9.66 Å². The number of nitrogens with one attached hydrogen (secondary N) is 1. The smallest absolute Gasteiger partial charge is 0.270 e. The number of methoxy groups -OCH3 is 1. The molecule has 1 N–H and O–H groups in total. The molecule has 0 spiro atoms. The molecule has 0 bridgehead atoms. The van der Waals surface area contributed by atoms with Gasteiger partial charge in [-0.2, -0.15) is 5.10 Å². The fourth-order valence-electron chi connectivity index (χ4n) is 1.87. The van der Waals surface area contributed by atoms with E-state index in [1.807, 2.05) is 31.2 Å². The average molecular weight is 329 g/mol. The van der Waals surface area contributed by atoms with Crippen molar-refractivity contribution in [1.82, 2.24) is 5.43 Å². The Kier molecular flexibility index (Phi) is 5.37.